The average molecular weight is 326 g/mol. The molecule has 0 spiro atoms. The number of halogens is 4. The Bertz CT molecular complexity index is 813. The highest BCUT2D eigenvalue weighted by atomic mass is 19.4. The molecule has 0 radical (unpaired) electrons. The number of nitro groups is 1. The lowest BCUT2D eigenvalue weighted by atomic mass is 10.2. The molecule has 118 valence electrons. The van der Waals surface area contributed by atoms with Crippen LogP contribution in [0.3, 0.4) is 0 Å². The van der Waals surface area contributed by atoms with Crippen LogP contribution in [0.1, 0.15) is 11.1 Å². The van der Waals surface area contributed by atoms with Crippen LogP contribution in [0.5, 0.6) is 11.5 Å². The Hall–Kier alpha value is -3.15. The second-order valence-electron chi connectivity index (χ2n) is 4.29. The fraction of sp³-hybridized carbons (Fsp3) is 0.0714. The number of rotatable bonds is 3. The summed E-state index contributed by atoms with van der Waals surface area (Å²) in [7, 11) is 0. The Labute approximate surface area is 126 Å². The number of nitro benzene ring substituents is 1. The lowest BCUT2D eigenvalue weighted by Gasteiger charge is -2.11. The zero-order valence-electron chi connectivity index (χ0n) is 11.1. The van der Waals surface area contributed by atoms with Crippen molar-refractivity contribution < 1.29 is 27.2 Å². The summed E-state index contributed by atoms with van der Waals surface area (Å²) in [5, 5.41) is 19.7. The number of nitrogens with zero attached hydrogens (tertiary/aromatic N) is 2. The number of ether oxygens (including phenoxy) is 1. The first kappa shape index (κ1) is 16.2. The van der Waals surface area contributed by atoms with Crippen LogP contribution in [0.4, 0.5) is 23.2 Å². The highest BCUT2D eigenvalue weighted by Crippen LogP contribution is 2.37. The van der Waals surface area contributed by atoms with E-state index in [2.05, 4.69) is 0 Å². The summed E-state index contributed by atoms with van der Waals surface area (Å²) in [5.41, 5.74) is -2.08. The molecule has 9 heteroatoms. The Balaban J connectivity index is 2.47. The minimum Gasteiger partial charge on any atom is -0.450 e. The first-order chi connectivity index (χ1) is 10.7. The summed E-state index contributed by atoms with van der Waals surface area (Å²) >= 11 is 0. The predicted molar refractivity (Wildman–Crippen MR) is 69.3 cm³/mol. The molecule has 0 aliphatic heterocycles. The number of benzene rings is 2. The third-order valence-electron chi connectivity index (χ3n) is 2.76. The van der Waals surface area contributed by atoms with E-state index in [1.165, 1.54) is 0 Å². The van der Waals surface area contributed by atoms with E-state index in [1.807, 2.05) is 0 Å². The second kappa shape index (κ2) is 5.92. The number of alkyl halides is 3. The maximum absolute atomic E-state index is 13.2. The van der Waals surface area contributed by atoms with Gasteiger partial charge in [0.1, 0.15) is 11.6 Å². The first-order valence-corrected chi connectivity index (χ1v) is 5.95. The van der Waals surface area contributed by atoms with Crippen molar-refractivity contribution in [2.45, 2.75) is 6.18 Å². The third-order valence-corrected chi connectivity index (χ3v) is 2.76. The van der Waals surface area contributed by atoms with E-state index in [0.717, 1.165) is 24.3 Å². The molecule has 0 saturated carbocycles. The normalized spacial score (nSPS) is 10.9. The Morgan fingerprint density at radius 3 is 2.43 bits per heavy atom. The van der Waals surface area contributed by atoms with Crippen LogP contribution in [0.15, 0.2) is 36.4 Å². The van der Waals surface area contributed by atoms with Crippen LogP contribution in [-0.4, -0.2) is 4.92 Å². The van der Waals surface area contributed by atoms with Gasteiger partial charge in [-0.2, -0.15) is 18.4 Å². The molecule has 0 fully saturated rings. The number of nitriles is 1. The van der Waals surface area contributed by atoms with Gasteiger partial charge in [0, 0.05) is 12.1 Å². The molecule has 0 atom stereocenters. The van der Waals surface area contributed by atoms with Gasteiger partial charge in [0.25, 0.3) is 0 Å². The van der Waals surface area contributed by atoms with Gasteiger partial charge in [0.15, 0.2) is 0 Å². The second-order valence-corrected chi connectivity index (χ2v) is 4.29. The van der Waals surface area contributed by atoms with E-state index < -0.39 is 39.7 Å². The van der Waals surface area contributed by atoms with Crippen molar-refractivity contribution in [3.8, 4) is 17.6 Å². The van der Waals surface area contributed by atoms with E-state index in [-0.39, 0.29) is 5.56 Å². The van der Waals surface area contributed by atoms with E-state index in [4.69, 9.17) is 10.00 Å². The highest BCUT2D eigenvalue weighted by molar-refractivity contribution is 5.53. The lowest BCUT2D eigenvalue weighted by Crippen LogP contribution is -2.08. The molecule has 2 rings (SSSR count). The molecule has 2 aromatic rings. The maximum Gasteiger partial charge on any atom is 0.419 e. The summed E-state index contributed by atoms with van der Waals surface area (Å²) < 4.78 is 56.2. The average Bonchev–Trinajstić information content (AvgIpc) is 2.47. The monoisotopic (exact) mass is 326 g/mol. The molecule has 0 unspecified atom stereocenters. The molecule has 2 aromatic carbocycles. The summed E-state index contributed by atoms with van der Waals surface area (Å²) in [6.07, 6.45) is -4.94. The van der Waals surface area contributed by atoms with Crippen molar-refractivity contribution >= 4 is 5.69 Å². The van der Waals surface area contributed by atoms with Crippen LogP contribution in [-0.2, 0) is 6.18 Å². The van der Waals surface area contributed by atoms with Crippen molar-refractivity contribution in [2.24, 2.45) is 0 Å². The Morgan fingerprint density at radius 2 is 1.87 bits per heavy atom. The summed E-state index contributed by atoms with van der Waals surface area (Å²) in [6.45, 7) is 0. The summed E-state index contributed by atoms with van der Waals surface area (Å²) in [6, 6.07) is 6.70. The van der Waals surface area contributed by atoms with Crippen LogP contribution in [0, 0.1) is 27.3 Å². The van der Waals surface area contributed by atoms with Crippen molar-refractivity contribution in [1.29, 1.82) is 5.26 Å². The van der Waals surface area contributed by atoms with E-state index >= 15 is 0 Å². The summed E-state index contributed by atoms with van der Waals surface area (Å²) in [4.78, 5) is 10.1. The van der Waals surface area contributed by atoms with Gasteiger partial charge < -0.3 is 4.74 Å². The van der Waals surface area contributed by atoms with Gasteiger partial charge >= 0.3 is 11.9 Å². The predicted octanol–water partition coefficient (Wildman–Crippen LogP) is 4.42. The maximum atomic E-state index is 13.2. The van der Waals surface area contributed by atoms with Crippen molar-refractivity contribution in [3.05, 3.63) is 63.5 Å². The lowest BCUT2D eigenvalue weighted by molar-refractivity contribution is -0.385. The fourth-order valence-corrected chi connectivity index (χ4v) is 1.73. The van der Waals surface area contributed by atoms with Crippen molar-refractivity contribution in [3.63, 3.8) is 0 Å². The van der Waals surface area contributed by atoms with Gasteiger partial charge in [-0.05, 0) is 24.3 Å². The van der Waals surface area contributed by atoms with Gasteiger partial charge in [-0.15, -0.1) is 0 Å². The molecule has 0 amide bonds. The third kappa shape index (κ3) is 3.55. The molecule has 0 aliphatic rings. The first-order valence-electron chi connectivity index (χ1n) is 5.95. The van der Waals surface area contributed by atoms with Crippen molar-refractivity contribution in [1.82, 2.24) is 0 Å². The van der Waals surface area contributed by atoms with Gasteiger partial charge in [0.2, 0.25) is 5.75 Å². The molecule has 0 heterocycles. The molecular weight excluding hydrogens is 320 g/mol. The van der Waals surface area contributed by atoms with E-state index in [0.29, 0.717) is 12.1 Å². The molecule has 23 heavy (non-hydrogen) atoms. The molecule has 0 saturated heterocycles. The molecule has 5 nitrogen and oxygen atoms in total. The fourth-order valence-electron chi connectivity index (χ4n) is 1.73. The quantitative estimate of drug-likeness (QED) is 0.475. The molecule has 0 N–H and O–H groups in total. The van der Waals surface area contributed by atoms with E-state index in [9.17, 15) is 27.7 Å². The molecule has 0 bridgehead atoms. The molecule has 0 aliphatic carbocycles. The van der Waals surface area contributed by atoms with Gasteiger partial charge in [0.05, 0.1) is 22.1 Å². The minimum absolute atomic E-state index is 0.0174. The van der Waals surface area contributed by atoms with E-state index in [1.54, 1.807) is 6.07 Å². The summed E-state index contributed by atoms with van der Waals surface area (Å²) in [5.74, 6) is -2.36. The van der Waals surface area contributed by atoms with Gasteiger partial charge in [-0.3, -0.25) is 10.1 Å². The topological polar surface area (TPSA) is 76.2 Å². The Kier molecular flexibility index (Phi) is 4.18. The van der Waals surface area contributed by atoms with Crippen molar-refractivity contribution in [2.75, 3.05) is 0 Å². The SMILES string of the molecule is N#Cc1ccc([N+](=O)[O-])c(Oc2ccc(F)c(C(F)(F)F)c2)c1. The number of hydrogen-bond donors (Lipinski definition) is 0. The number of hydrogen-bond acceptors (Lipinski definition) is 4. The van der Waals surface area contributed by atoms with Gasteiger partial charge in [-0.25, -0.2) is 4.39 Å². The zero-order chi connectivity index (χ0) is 17.2. The zero-order valence-corrected chi connectivity index (χ0v) is 11.1. The largest absolute Gasteiger partial charge is 0.450 e. The smallest absolute Gasteiger partial charge is 0.419 e. The van der Waals surface area contributed by atoms with Gasteiger partial charge in [-0.1, -0.05) is 0 Å². The standard InChI is InChI=1S/C14H6F4N2O3/c15-11-3-2-9(6-10(11)14(16,17)18)23-13-5-8(7-19)1-4-12(13)20(21)22/h1-6H. The van der Waals surface area contributed by atoms with Crippen LogP contribution < -0.4 is 4.74 Å². The van der Waals surface area contributed by atoms with Crippen LogP contribution >= 0.6 is 0 Å². The van der Waals surface area contributed by atoms with Crippen LogP contribution in [0.2, 0.25) is 0 Å². The minimum atomic E-state index is -4.94. The van der Waals surface area contributed by atoms with Crippen LogP contribution in [0.25, 0.3) is 0 Å². The highest BCUT2D eigenvalue weighted by Gasteiger charge is 2.34. The Morgan fingerprint density at radius 1 is 1.17 bits per heavy atom. The molecular formula is C14H6F4N2O3. The molecule has 0 aromatic heterocycles.